The van der Waals surface area contributed by atoms with Gasteiger partial charge >= 0.3 is 0 Å². The molecule has 0 atom stereocenters. The third-order valence-corrected chi connectivity index (χ3v) is 3.85. The highest BCUT2D eigenvalue weighted by molar-refractivity contribution is 5.75. The van der Waals surface area contributed by atoms with Crippen molar-refractivity contribution in [2.75, 3.05) is 32.8 Å². The van der Waals surface area contributed by atoms with E-state index in [2.05, 4.69) is 17.6 Å². The van der Waals surface area contributed by atoms with Crippen molar-refractivity contribution in [1.29, 1.82) is 0 Å². The summed E-state index contributed by atoms with van der Waals surface area (Å²) in [6, 6.07) is 0. The third kappa shape index (κ3) is 3.96. The Morgan fingerprint density at radius 2 is 2.12 bits per heavy atom. The van der Waals surface area contributed by atoms with Gasteiger partial charge in [0.1, 0.15) is 0 Å². The molecule has 2 saturated heterocycles. The van der Waals surface area contributed by atoms with Gasteiger partial charge in [-0.2, -0.15) is 0 Å². The van der Waals surface area contributed by atoms with Crippen molar-refractivity contribution < 1.29 is 9.53 Å². The van der Waals surface area contributed by atoms with Crippen LogP contribution in [0.2, 0.25) is 0 Å². The van der Waals surface area contributed by atoms with E-state index in [1.165, 1.54) is 12.8 Å². The van der Waals surface area contributed by atoms with Gasteiger partial charge in [0.15, 0.2) is 0 Å². The molecule has 4 nitrogen and oxygen atoms in total. The normalized spacial score (nSPS) is 24.1. The molecule has 2 fully saturated rings. The molecule has 0 bridgehead atoms. The van der Waals surface area contributed by atoms with E-state index in [1.807, 2.05) is 0 Å². The average molecular weight is 240 g/mol. The highest BCUT2D eigenvalue weighted by atomic mass is 16.5. The van der Waals surface area contributed by atoms with Crippen LogP contribution in [0.3, 0.4) is 0 Å². The summed E-state index contributed by atoms with van der Waals surface area (Å²) < 4.78 is 5.17. The summed E-state index contributed by atoms with van der Waals surface area (Å²) in [4.78, 5) is 11.7. The minimum absolute atomic E-state index is 0.185. The molecule has 2 heterocycles. The van der Waals surface area contributed by atoms with Crippen LogP contribution in [0.15, 0.2) is 0 Å². The van der Waals surface area contributed by atoms with E-state index in [9.17, 15) is 4.79 Å². The van der Waals surface area contributed by atoms with Gasteiger partial charge in [-0.25, -0.2) is 0 Å². The molecular weight excluding hydrogens is 216 g/mol. The number of ether oxygens (including phenoxy) is 1. The zero-order valence-corrected chi connectivity index (χ0v) is 10.8. The topological polar surface area (TPSA) is 50.4 Å². The van der Waals surface area contributed by atoms with Crippen LogP contribution in [-0.4, -0.2) is 38.8 Å². The fourth-order valence-corrected chi connectivity index (χ4v) is 2.46. The maximum Gasteiger partial charge on any atom is 0.220 e. The molecule has 2 aliphatic rings. The summed E-state index contributed by atoms with van der Waals surface area (Å²) in [5.41, 5.74) is 0.185. The molecule has 98 valence electrons. The SMILES string of the molecule is CC1(CNC(=O)CCC2CCNCC2)COC1. The molecule has 1 amide bonds. The molecule has 0 aromatic heterocycles. The number of hydrogen-bond donors (Lipinski definition) is 2. The maximum absolute atomic E-state index is 11.7. The van der Waals surface area contributed by atoms with Crippen molar-refractivity contribution >= 4 is 5.91 Å². The Hall–Kier alpha value is -0.610. The number of carbonyl (C=O) groups excluding carboxylic acids is 1. The first-order valence-electron chi connectivity index (χ1n) is 6.73. The van der Waals surface area contributed by atoms with E-state index in [0.29, 0.717) is 6.42 Å². The van der Waals surface area contributed by atoms with E-state index in [0.717, 1.165) is 45.2 Å². The molecule has 0 spiro atoms. The monoisotopic (exact) mass is 240 g/mol. The number of nitrogens with one attached hydrogen (secondary N) is 2. The van der Waals surface area contributed by atoms with Crippen LogP contribution in [-0.2, 0) is 9.53 Å². The first kappa shape index (κ1) is 12.8. The van der Waals surface area contributed by atoms with Gasteiger partial charge in [0.2, 0.25) is 5.91 Å². The summed E-state index contributed by atoms with van der Waals surface area (Å²) >= 11 is 0. The maximum atomic E-state index is 11.7. The highest BCUT2D eigenvalue weighted by Crippen LogP contribution is 2.25. The fourth-order valence-electron chi connectivity index (χ4n) is 2.46. The molecule has 0 aromatic rings. The van der Waals surface area contributed by atoms with Crippen LogP contribution in [0.1, 0.15) is 32.6 Å². The second kappa shape index (κ2) is 5.83. The van der Waals surface area contributed by atoms with Crippen molar-refractivity contribution in [3.63, 3.8) is 0 Å². The largest absolute Gasteiger partial charge is 0.380 e. The van der Waals surface area contributed by atoms with Crippen molar-refractivity contribution in [2.24, 2.45) is 11.3 Å². The highest BCUT2D eigenvalue weighted by Gasteiger charge is 2.33. The summed E-state index contributed by atoms with van der Waals surface area (Å²) in [7, 11) is 0. The van der Waals surface area contributed by atoms with E-state index >= 15 is 0 Å². The van der Waals surface area contributed by atoms with Gasteiger partial charge in [-0.15, -0.1) is 0 Å². The van der Waals surface area contributed by atoms with E-state index in [4.69, 9.17) is 4.74 Å². The third-order valence-electron chi connectivity index (χ3n) is 3.85. The molecular formula is C13H24N2O2. The lowest BCUT2D eigenvalue weighted by atomic mass is 9.88. The van der Waals surface area contributed by atoms with Crippen molar-refractivity contribution in [1.82, 2.24) is 10.6 Å². The smallest absolute Gasteiger partial charge is 0.220 e. The predicted octanol–water partition coefficient (Wildman–Crippen LogP) is 0.919. The fraction of sp³-hybridized carbons (Fsp3) is 0.923. The van der Waals surface area contributed by atoms with E-state index in [1.54, 1.807) is 0 Å². The molecule has 0 aromatic carbocycles. The minimum atomic E-state index is 0.185. The van der Waals surface area contributed by atoms with E-state index < -0.39 is 0 Å². The van der Waals surface area contributed by atoms with Crippen LogP contribution >= 0.6 is 0 Å². The Morgan fingerprint density at radius 3 is 2.71 bits per heavy atom. The summed E-state index contributed by atoms with van der Waals surface area (Å²) in [5.74, 6) is 0.946. The second-order valence-corrected chi connectivity index (χ2v) is 5.81. The Balaban J connectivity index is 1.57. The van der Waals surface area contributed by atoms with Crippen LogP contribution in [0, 0.1) is 11.3 Å². The number of hydrogen-bond acceptors (Lipinski definition) is 3. The Labute approximate surface area is 103 Å². The molecule has 2 rings (SSSR count). The Morgan fingerprint density at radius 1 is 1.41 bits per heavy atom. The lowest BCUT2D eigenvalue weighted by Gasteiger charge is -2.38. The van der Waals surface area contributed by atoms with Gasteiger partial charge in [0, 0.05) is 18.4 Å². The molecule has 0 unspecified atom stereocenters. The first-order chi connectivity index (χ1) is 8.18. The number of amides is 1. The van der Waals surface area contributed by atoms with Gasteiger partial charge in [-0.05, 0) is 38.3 Å². The molecule has 2 N–H and O–H groups in total. The second-order valence-electron chi connectivity index (χ2n) is 5.81. The predicted molar refractivity (Wildman–Crippen MR) is 66.8 cm³/mol. The van der Waals surface area contributed by atoms with Crippen molar-refractivity contribution in [2.45, 2.75) is 32.6 Å². The molecule has 4 heteroatoms. The van der Waals surface area contributed by atoms with Gasteiger partial charge in [0.05, 0.1) is 13.2 Å². The van der Waals surface area contributed by atoms with Crippen molar-refractivity contribution in [3.05, 3.63) is 0 Å². The van der Waals surface area contributed by atoms with Crippen LogP contribution in [0.25, 0.3) is 0 Å². The van der Waals surface area contributed by atoms with Gasteiger partial charge < -0.3 is 15.4 Å². The van der Waals surface area contributed by atoms with E-state index in [-0.39, 0.29) is 11.3 Å². The van der Waals surface area contributed by atoms with Gasteiger partial charge in [0.25, 0.3) is 0 Å². The lowest BCUT2D eigenvalue weighted by molar-refractivity contribution is -0.127. The first-order valence-corrected chi connectivity index (χ1v) is 6.73. The lowest BCUT2D eigenvalue weighted by Crippen LogP contribution is -2.48. The van der Waals surface area contributed by atoms with Crippen LogP contribution in [0.4, 0.5) is 0 Å². The van der Waals surface area contributed by atoms with Crippen molar-refractivity contribution in [3.8, 4) is 0 Å². The molecule has 0 saturated carbocycles. The summed E-state index contributed by atoms with van der Waals surface area (Å²) in [6.45, 7) is 6.70. The standard InChI is InChI=1S/C13H24N2O2/c1-13(9-17-10-13)8-15-12(16)3-2-11-4-6-14-7-5-11/h11,14H,2-10H2,1H3,(H,15,16). The van der Waals surface area contributed by atoms with Gasteiger partial charge in [-0.1, -0.05) is 6.92 Å². The zero-order valence-electron chi connectivity index (χ0n) is 10.8. The molecule has 0 aliphatic carbocycles. The molecule has 17 heavy (non-hydrogen) atoms. The van der Waals surface area contributed by atoms with Crippen LogP contribution in [0.5, 0.6) is 0 Å². The van der Waals surface area contributed by atoms with Crippen LogP contribution < -0.4 is 10.6 Å². The van der Waals surface area contributed by atoms with Gasteiger partial charge in [-0.3, -0.25) is 4.79 Å². The Bertz CT molecular complexity index is 258. The number of rotatable bonds is 5. The molecule has 2 aliphatic heterocycles. The zero-order chi connectivity index (χ0) is 12.1. The quantitative estimate of drug-likeness (QED) is 0.751. The summed E-state index contributed by atoms with van der Waals surface area (Å²) in [6.07, 6.45) is 4.17. The number of piperidine rings is 1. The molecule has 0 radical (unpaired) electrons. The summed E-state index contributed by atoms with van der Waals surface area (Å²) in [5, 5.41) is 6.38. The number of carbonyl (C=O) groups is 1. The minimum Gasteiger partial charge on any atom is -0.380 e. The average Bonchev–Trinajstić information content (AvgIpc) is 2.33. The Kier molecular flexibility index (Phi) is 4.40.